The average Bonchev–Trinajstić information content (AvgIpc) is 3.02. The zero-order chi connectivity index (χ0) is 16.2. The van der Waals surface area contributed by atoms with Gasteiger partial charge in [-0.1, -0.05) is 29.4 Å². The van der Waals surface area contributed by atoms with Crippen molar-refractivity contribution >= 4 is 5.78 Å². The summed E-state index contributed by atoms with van der Waals surface area (Å²) in [5, 5.41) is 3.99. The summed E-state index contributed by atoms with van der Waals surface area (Å²) in [7, 11) is 0. The lowest BCUT2D eigenvalue weighted by molar-refractivity contribution is 0.101. The maximum atomic E-state index is 11.2. The fourth-order valence-corrected chi connectivity index (χ4v) is 2.18. The topological polar surface area (TPSA) is 65.2 Å². The standard InChI is InChI=1S/C18H16N2O3/c1-12-5-3-4-6-16(12)18-19-17(23-20-18)11-22-15-9-7-14(8-10-15)13(2)21/h3-10H,11H2,1-2H3. The van der Waals surface area contributed by atoms with Crippen LogP contribution in [0.1, 0.15) is 28.7 Å². The highest BCUT2D eigenvalue weighted by molar-refractivity contribution is 5.94. The largest absolute Gasteiger partial charge is 0.484 e. The highest BCUT2D eigenvalue weighted by Crippen LogP contribution is 2.20. The number of carbonyl (C=O) groups is 1. The Labute approximate surface area is 133 Å². The third-order valence-electron chi connectivity index (χ3n) is 3.48. The van der Waals surface area contributed by atoms with Crippen LogP contribution >= 0.6 is 0 Å². The molecule has 0 aliphatic heterocycles. The lowest BCUT2D eigenvalue weighted by atomic mass is 10.1. The van der Waals surface area contributed by atoms with E-state index in [-0.39, 0.29) is 12.4 Å². The summed E-state index contributed by atoms with van der Waals surface area (Å²) in [5.41, 5.74) is 2.67. The van der Waals surface area contributed by atoms with Gasteiger partial charge in [-0.25, -0.2) is 0 Å². The van der Waals surface area contributed by atoms with E-state index in [4.69, 9.17) is 9.26 Å². The lowest BCUT2D eigenvalue weighted by Crippen LogP contribution is -1.97. The highest BCUT2D eigenvalue weighted by Gasteiger charge is 2.11. The van der Waals surface area contributed by atoms with Gasteiger partial charge in [0, 0.05) is 11.1 Å². The number of nitrogens with zero attached hydrogens (tertiary/aromatic N) is 2. The normalized spacial score (nSPS) is 10.5. The summed E-state index contributed by atoms with van der Waals surface area (Å²) < 4.78 is 10.8. The zero-order valence-electron chi connectivity index (χ0n) is 12.9. The number of benzene rings is 2. The summed E-state index contributed by atoms with van der Waals surface area (Å²) in [5.74, 6) is 1.62. The van der Waals surface area contributed by atoms with Crippen LogP contribution in [0, 0.1) is 6.92 Å². The van der Waals surface area contributed by atoms with E-state index in [0.29, 0.717) is 23.0 Å². The van der Waals surface area contributed by atoms with E-state index in [1.807, 2.05) is 31.2 Å². The van der Waals surface area contributed by atoms with Crippen molar-refractivity contribution in [3.63, 3.8) is 0 Å². The van der Waals surface area contributed by atoms with Crippen molar-refractivity contribution in [2.24, 2.45) is 0 Å². The molecule has 0 N–H and O–H groups in total. The fourth-order valence-electron chi connectivity index (χ4n) is 2.18. The summed E-state index contributed by atoms with van der Waals surface area (Å²) in [6.45, 7) is 3.71. The summed E-state index contributed by atoms with van der Waals surface area (Å²) in [4.78, 5) is 15.6. The molecular weight excluding hydrogens is 292 g/mol. The van der Waals surface area contributed by atoms with Crippen LogP contribution < -0.4 is 4.74 Å². The van der Waals surface area contributed by atoms with Gasteiger partial charge < -0.3 is 9.26 Å². The van der Waals surface area contributed by atoms with Crippen LogP contribution in [0.5, 0.6) is 5.75 Å². The minimum atomic E-state index is 0.0244. The Kier molecular flexibility index (Phi) is 4.19. The maximum Gasteiger partial charge on any atom is 0.264 e. The monoisotopic (exact) mass is 308 g/mol. The summed E-state index contributed by atoms with van der Waals surface area (Å²) in [6.07, 6.45) is 0. The second-order valence-electron chi connectivity index (χ2n) is 5.20. The Hall–Kier alpha value is -2.95. The van der Waals surface area contributed by atoms with Crippen molar-refractivity contribution in [3.8, 4) is 17.1 Å². The molecule has 3 rings (SSSR count). The minimum Gasteiger partial charge on any atom is -0.484 e. The second-order valence-corrected chi connectivity index (χ2v) is 5.20. The van der Waals surface area contributed by atoms with Crippen LogP contribution in [0.3, 0.4) is 0 Å². The molecule has 0 atom stereocenters. The Bertz CT molecular complexity index is 822. The van der Waals surface area contributed by atoms with Crippen LogP contribution in [-0.2, 0) is 6.61 Å². The number of ether oxygens (including phenoxy) is 1. The summed E-state index contributed by atoms with van der Waals surface area (Å²) >= 11 is 0. The van der Waals surface area contributed by atoms with Gasteiger partial charge in [0.15, 0.2) is 12.4 Å². The zero-order valence-corrected chi connectivity index (χ0v) is 12.9. The Morgan fingerprint density at radius 1 is 1.13 bits per heavy atom. The van der Waals surface area contributed by atoms with E-state index in [2.05, 4.69) is 10.1 Å². The molecule has 1 heterocycles. The van der Waals surface area contributed by atoms with E-state index < -0.39 is 0 Å². The van der Waals surface area contributed by atoms with Crippen LogP contribution in [0.15, 0.2) is 53.1 Å². The number of hydrogen-bond donors (Lipinski definition) is 0. The molecule has 0 aliphatic rings. The average molecular weight is 308 g/mol. The molecule has 0 amide bonds. The van der Waals surface area contributed by atoms with Gasteiger partial charge in [-0.2, -0.15) is 4.98 Å². The van der Waals surface area contributed by atoms with Gasteiger partial charge in [0.25, 0.3) is 5.89 Å². The molecule has 116 valence electrons. The highest BCUT2D eigenvalue weighted by atomic mass is 16.5. The van der Waals surface area contributed by atoms with Gasteiger partial charge in [-0.05, 0) is 43.7 Å². The Morgan fingerprint density at radius 2 is 1.87 bits per heavy atom. The molecule has 0 unspecified atom stereocenters. The summed E-state index contributed by atoms with van der Waals surface area (Å²) in [6, 6.07) is 14.8. The first-order valence-corrected chi connectivity index (χ1v) is 7.26. The number of carbonyl (C=O) groups excluding carboxylic acids is 1. The van der Waals surface area contributed by atoms with Gasteiger partial charge in [-0.15, -0.1) is 0 Å². The molecule has 2 aromatic carbocycles. The van der Waals surface area contributed by atoms with Gasteiger partial charge in [0.05, 0.1) is 0 Å². The Morgan fingerprint density at radius 3 is 2.57 bits per heavy atom. The van der Waals surface area contributed by atoms with Gasteiger partial charge in [0.2, 0.25) is 5.82 Å². The number of aromatic nitrogens is 2. The van der Waals surface area contributed by atoms with Crippen molar-refractivity contribution in [1.82, 2.24) is 10.1 Å². The smallest absolute Gasteiger partial charge is 0.264 e. The number of hydrogen-bond acceptors (Lipinski definition) is 5. The maximum absolute atomic E-state index is 11.2. The van der Waals surface area contributed by atoms with E-state index >= 15 is 0 Å². The predicted molar refractivity (Wildman–Crippen MR) is 85.2 cm³/mol. The van der Waals surface area contributed by atoms with E-state index in [9.17, 15) is 4.79 Å². The first-order chi connectivity index (χ1) is 11.1. The molecule has 5 heteroatoms. The van der Waals surface area contributed by atoms with Crippen LogP contribution in [0.2, 0.25) is 0 Å². The van der Waals surface area contributed by atoms with Crippen molar-refractivity contribution in [2.75, 3.05) is 0 Å². The number of Topliss-reactive ketones (excluding diaryl/α,β-unsaturated/α-hetero) is 1. The molecule has 0 fully saturated rings. The van der Waals surface area contributed by atoms with Crippen molar-refractivity contribution in [2.45, 2.75) is 20.5 Å². The fraction of sp³-hybridized carbons (Fsp3) is 0.167. The molecule has 3 aromatic rings. The van der Waals surface area contributed by atoms with E-state index in [0.717, 1.165) is 11.1 Å². The predicted octanol–water partition coefficient (Wildman–Crippen LogP) is 3.83. The molecule has 23 heavy (non-hydrogen) atoms. The molecule has 0 saturated heterocycles. The van der Waals surface area contributed by atoms with Crippen molar-refractivity contribution < 1.29 is 14.1 Å². The van der Waals surface area contributed by atoms with Crippen LogP contribution in [0.4, 0.5) is 0 Å². The number of aryl methyl sites for hydroxylation is 1. The van der Waals surface area contributed by atoms with Gasteiger partial charge in [0.1, 0.15) is 5.75 Å². The number of rotatable bonds is 5. The SMILES string of the molecule is CC(=O)c1ccc(OCc2nc(-c3ccccc3C)no2)cc1. The molecule has 0 spiro atoms. The van der Waals surface area contributed by atoms with E-state index in [1.165, 1.54) is 6.92 Å². The quantitative estimate of drug-likeness (QED) is 0.670. The minimum absolute atomic E-state index is 0.0244. The van der Waals surface area contributed by atoms with Crippen LogP contribution in [-0.4, -0.2) is 15.9 Å². The van der Waals surface area contributed by atoms with E-state index in [1.54, 1.807) is 24.3 Å². The molecule has 1 aromatic heterocycles. The molecular formula is C18H16N2O3. The molecule has 0 bridgehead atoms. The number of ketones is 1. The van der Waals surface area contributed by atoms with Crippen molar-refractivity contribution in [1.29, 1.82) is 0 Å². The third-order valence-corrected chi connectivity index (χ3v) is 3.48. The second kappa shape index (κ2) is 6.44. The van der Waals surface area contributed by atoms with Gasteiger partial charge in [-0.3, -0.25) is 4.79 Å². The molecule has 0 aliphatic carbocycles. The molecule has 0 saturated carbocycles. The first kappa shape index (κ1) is 15.0. The molecule has 5 nitrogen and oxygen atoms in total. The first-order valence-electron chi connectivity index (χ1n) is 7.26. The van der Waals surface area contributed by atoms with Crippen LogP contribution in [0.25, 0.3) is 11.4 Å². The van der Waals surface area contributed by atoms with Crippen molar-refractivity contribution in [3.05, 3.63) is 65.5 Å². The Balaban J connectivity index is 1.68. The third kappa shape index (κ3) is 3.45. The lowest BCUT2D eigenvalue weighted by Gasteiger charge is -2.03. The van der Waals surface area contributed by atoms with Gasteiger partial charge >= 0.3 is 0 Å². The molecule has 0 radical (unpaired) electrons.